The maximum absolute atomic E-state index is 13.3. The summed E-state index contributed by atoms with van der Waals surface area (Å²) in [6.07, 6.45) is 0.745. The fraction of sp³-hybridized carbons (Fsp3) is 0.467. The minimum atomic E-state index is -0.190. The molecule has 0 aliphatic rings. The molecular formula is C15H20FN3S. The maximum Gasteiger partial charge on any atom is 0.123 e. The van der Waals surface area contributed by atoms with Crippen LogP contribution in [0.4, 0.5) is 4.39 Å². The van der Waals surface area contributed by atoms with Crippen molar-refractivity contribution in [3.63, 3.8) is 0 Å². The van der Waals surface area contributed by atoms with Crippen molar-refractivity contribution < 1.29 is 4.39 Å². The van der Waals surface area contributed by atoms with Crippen LogP contribution >= 0.6 is 11.5 Å². The van der Waals surface area contributed by atoms with E-state index in [0.29, 0.717) is 5.92 Å². The average Bonchev–Trinajstić information content (AvgIpc) is 2.87. The van der Waals surface area contributed by atoms with Gasteiger partial charge < -0.3 is 5.32 Å². The van der Waals surface area contributed by atoms with Crippen molar-refractivity contribution in [3.8, 4) is 0 Å². The van der Waals surface area contributed by atoms with Crippen molar-refractivity contribution in [2.45, 2.75) is 39.2 Å². The van der Waals surface area contributed by atoms with Crippen molar-refractivity contribution >= 4 is 11.5 Å². The quantitative estimate of drug-likeness (QED) is 0.882. The van der Waals surface area contributed by atoms with E-state index in [4.69, 9.17) is 0 Å². The summed E-state index contributed by atoms with van der Waals surface area (Å²) in [7, 11) is 0. The van der Waals surface area contributed by atoms with Crippen molar-refractivity contribution in [1.82, 2.24) is 14.9 Å². The predicted octanol–water partition coefficient (Wildman–Crippen LogP) is 3.69. The Morgan fingerprint density at radius 2 is 2.15 bits per heavy atom. The molecule has 0 aliphatic heterocycles. The van der Waals surface area contributed by atoms with Crippen LogP contribution in [-0.2, 0) is 6.42 Å². The van der Waals surface area contributed by atoms with Gasteiger partial charge in [0.2, 0.25) is 0 Å². The molecule has 0 aliphatic carbocycles. The van der Waals surface area contributed by atoms with E-state index in [1.807, 2.05) is 6.07 Å². The van der Waals surface area contributed by atoms with Gasteiger partial charge >= 0.3 is 0 Å². The summed E-state index contributed by atoms with van der Waals surface area (Å²) < 4.78 is 17.4. The van der Waals surface area contributed by atoms with E-state index in [1.165, 1.54) is 17.6 Å². The van der Waals surface area contributed by atoms with Gasteiger partial charge in [0.15, 0.2) is 0 Å². The van der Waals surface area contributed by atoms with Crippen LogP contribution in [0.15, 0.2) is 24.3 Å². The molecule has 1 atom stereocenters. The van der Waals surface area contributed by atoms with Gasteiger partial charge in [0.05, 0.1) is 10.6 Å². The van der Waals surface area contributed by atoms with Crippen LogP contribution in [0.3, 0.4) is 0 Å². The van der Waals surface area contributed by atoms with E-state index in [-0.39, 0.29) is 11.9 Å². The summed E-state index contributed by atoms with van der Waals surface area (Å²) in [5, 5.41) is 7.69. The minimum Gasteiger partial charge on any atom is -0.309 e. The molecule has 1 aromatic carbocycles. The van der Waals surface area contributed by atoms with E-state index >= 15 is 0 Å². The Kier molecular flexibility index (Phi) is 5.20. The topological polar surface area (TPSA) is 37.8 Å². The molecule has 20 heavy (non-hydrogen) atoms. The van der Waals surface area contributed by atoms with E-state index in [1.54, 1.807) is 12.1 Å². The fourth-order valence-electron chi connectivity index (χ4n) is 2.25. The molecule has 1 unspecified atom stereocenters. The third kappa shape index (κ3) is 3.61. The molecule has 0 bridgehead atoms. The van der Waals surface area contributed by atoms with E-state index in [9.17, 15) is 4.39 Å². The van der Waals surface area contributed by atoms with Gasteiger partial charge in [0.1, 0.15) is 5.82 Å². The van der Waals surface area contributed by atoms with Crippen LogP contribution in [0.5, 0.6) is 0 Å². The molecule has 0 saturated carbocycles. The Morgan fingerprint density at radius 3 is 2.80 bits per heavy atom. The zero-order valence-electron chi connectivity index (χ0n) is 12.1. The zero-order chi connectivity index (χ0) is 14.5. The van der Waals surface area contributed by atoms with Gasteiger partial charge in [-0.15, -0.1) is 5.10 Å². The summed E-state index contributed by atoms with van der Waals surface area (Å²) in [5.41, 5.74) is 2.02. The van der Waals surface area contributed by atoms with Gasteiger partial charge in [-0.2, -0.15) is 0 Å². The third-order valence-corrected chi connectivity index (χ3v) is 4.04. The van der Waals surface area contributed by atoms with Gasteiger partial charge in [-0.05, 0) is 48.1 Å². The molecule has 0 spiro atoms. The number of nitrogens with zero attached hydrogens (tertiary/aromatic N) is 2. The number of halogens is 1. The van der Waals surface area contributed by atoms with Gasteiger partial charge in [0, 0.05) is 6.04 Å². The molecule has 2 rings (SSSR count). The molecular weight excluding hydrogens is 273 g/mol. The fourth-order valence-corrected chi connectivity index (χ4v) is 3.13. The standard InChI is InChI=1S/C15H20FN3S/c1-4-17-13(9-11-6-5-7-12(16)8-11)15-14(10(2)3)18-19-20-15/h5-8,10,13,17H,4,9H2,1-3H3. The van der Waals surface area contributed by atoms with E-state index in [0.717, 1.165) is 29.1 Å². The lowest BCUT2D eigenvalue weighted by atomic mass is 10.00. The highest BCUT2D eigenvalue weighted by molar-refractivity contribution is 7.05. The zero-order valence-corrected chi connectivity index (χ0v) is 12.9. The molecule has 0 saturated heterocycles. The second-order valence-electron chi connectivity index (χ2n) is 5.12. The van der Waals surface area contributed by atoms with Crippen molar-refractivity contribution in [2.24, 2.45) is 0 Å². The molecule has 0 radical (unpaired) electrons. The summed E-state index contributed by atoms with van der Waals surface area (Å²) in [4.78, 5) is 1.16. The smallest absolute Gasteiger partial charge is 0.123 e. The highest BCUT2D eigenvalue weighted by Crippen LogP contribution is 2.28. The normalized spacial score (nSPS) is 12.8. The molecule has 1 heterocycles. The molecule has 2 aromatic rings. The first-order chi connectivity index (χ1) is 9.61. The highest BCUT2D eigenvalue weighted by atomic mass is 32.1. The lowest BCUT2D eigenvalue weighted by Gasteiger charge is -2.18. The molecule has 0 amide bonds. The van der Waals surface area contributed by atoms with Gasteiger partial charge in [-0.1, -0.05) is 37.4 Å². The molecule has 1 N–H and O–H groups in total. The van der Waals surface area contributed by atoms with Crippen LogP contribution in [0, 0.1) is 5.82 Å². The van der Waals surface area contributed by atoms with Crippen LogP contribution in [0.2, 0.25) is 0 Å². The number of likely N-dealkylation sites (N-methyl/N-ethyl adjacent to an activating group) is 1. The first kappa shape index (κ1) is 15.1. The number of hydrogen-bond acceptors (Lipinski definition) is 4. The summed E-state index contributed by atoms with van der Waals surface area (Å²) in [6.45, 7) is 7.16. The van der Waals surface area contributed by atoms with Gasteiger partial charge in [-0.3, -0.25) is 0 Å². The molecule has 108 valence electrons. The Balaban J connectivity index is 2.24. The second kappa shape index (κ2) is 6.90. The lowest BCUT2D eigenvalue weighted by Crippen LogP contribution is -2.23. The van der Waals surface area contributed by atoms with Crippen molar-refractivity contribution in [1.29, 1.82) is 0 Å². The Bertz CT molecular complexity index is 554. The largest absolute Gasteiger partial charge is 0.309 e. The predicted molar refractivity (Wildman–Crippen MR) is 80.5 cm³/mol. The first-order valence-corrected chi connectivity index (χ1v) is 7.69. The molecule has 3 nitrogen and oxygen atoms in total. The summed E-state index contributed by atoms with van der Waals surface area (Å²) in [5.74, 6) is 0.154. The molecule has 1 aromatic heterocycles. The Labute approximate surface area is 123 Å². The Hall–Kier alpha value is -1.33. The summed E-state index contributed by atoms with van der Waals surface area (Å²) >= 11 is 1.43. The van der Waals surface area contributed by atoms with E-state index in [2.05, 4.69) is 35.7 Å². The molecule has 5 heteroatoms. The number of benzene rings is 1. The number of rotatable bonds is 6. The van der Waals surface area contributed by atoms with E-state index < -0.39 is 0 Å². The third-order valence-electron chi connectivity index (χ3n) is 3.18. The van der Waals surface area contributed by atoms with Gasteiger partial charge in [0.25, 0.3) is 0 Å². The van der Waals surface area contributed by atoms with Crippen molar-refractivity contribution in [3.05, 3.63) is 46.2 Å². The average molecular weight is 293 g/mol. The minimum absolute atomic E-state index is 0.138. The van der Waals surface area contributed by atoms with Crippen LogP contribution in [0.25, 0.3) is 0 Å². The monoisotopic (exact) mass is 293 g/mol. The highest BCUT2D eigenvalue weighted by Gasteiger charge is 2.20. The van der Waals surface area contributed by atoms with Crippen molar-refractivity contribution in [2.75, 3.05) is 6.54 Å². The van der Waals surface area contributed by atoms with Crippen LogP contribution in [-0.4, -0.2) is 16.1 Å². The Morgan fingerprint density at radius 1 is 1.35 bits per heavy atom. The van der Waals surface area contributed by atoms with Crippen LogP contribution < -0.4 is 5.32 Å². The number of nitrogens with one attached hydrogen (secondary N) is 1. The number of hydrogen-bond donors (Lipinski definition) is 1. The SMILES string of the molecule is CCNC(Cc1cccc(F)c1)c1snnc1C(C)C. The van der Waals surface area contributed by atoms with Gasteiger partial charge in [-0.25, -0.2) is 4.39 Å². The number of aromatic nitrogens is 2. The second-order valence-corrected chi connectivity index (χ2v) is 5.91. The van der Waals surface area contributed by atoms with Crippen LogP contribution in [0.1, 0.15) is 48.9 Å². The maximum atomic E-state index is 13.3. The lowest BCUT2D eigenvalue weighted by molar-refractivity contribution is 0.546. The first-order valence-electron chi connectivity index (χ1n) is 6.91. The summed E-state index contributed by atoms with van der Waals surface area (Å²) in [6, 6.07) is 6.91. The molecule has 0 fully saturated rings.